The van der Waals surface area contributed by atoms with Gasteiger partial charge in [0, 0.05) is 23.1 Å². The van der Waals surface area contributed by atoms with Gasteiger partial charge in [-0.2, -0.15) is 0 Å². The number of aromatic nitrogens is 2. The van der Waals surface area contributed by atoms with Gasteiger partial charge in [-0.3, -0.25) is 20.2 Å². The average molecular weight is 593 g/mol. The second kappa shape index (κ2) is 11.2. The van der Waals surface area contributed by atoms with Crippen molar-refractivity contribution in [3.63, 3.8) is 0 Å². The molecule has 0 atom stereocenters. The number of rotatable bonds is 8. The van der Waals surface area contributed by atoms with Gasteiger partial charge in [0.1, 0.15) is 10.0 Å². The van der Waals surface area contributed by atoms with E-state index in [1.54, 1.807) is 24.3 Å². The number of pyridine rings is 1. The minimum absolute atomic E-state index is 0.0560. The maximum Gasteiger partial charge on any atom is 0.339 e. The Bertz CT molecular complexity index is 1910. The molecule has 14 heteroatoms. The van der Waals surface area contributed by atoms with Crippen LogP contribution in [0.5, 0.6) is 0 Å². The fourth-order valence-corrected chi connectivity index (χ4v) is 6.23. The van der Waals surface area contributed by atoms with Crippen molar-refractivity contribution in [3.05, 3.63) is 107 Å². The summed E-state index contributed by atoms with van der Waals surface area (Å²) in [5.74, 6) is -1.98. The third kappa shape index (κ3) is 5.92. The molecule has 5 rings (SSSR count). The maximum absolute atomic E-state index is 13.4. The molecule has 3 aromatic carbocycles. The monoisotopic (exact) mass is 592 g/mol. The van der Waals surface area contributed by atoms with Gasteiger partial charge in [-0.25, -0.2) is 27.6 Å². The number of amides is 1. The molecule has 0 saturated heterocycles. The number of benzene rings is 3. The number of thiazole rings is 1. The van der Waals surface area contributed by atoms with Crippen molar-refractivity contribution in [1.29, 1.82) is 0 Å². The Kier molecular flexibility index (Phi) is 7.50. The van der Waals surface area contributed by atoms with Crippen LogP contribution in [0.4, 0.5) is 15.2 Å². The highest BCUT2D eigenvalue weighted by molar-refractivity contribution is 7.93. The summed E-state index contributed by atoms with van der Waals surface area (Å²) in [6, 6.07) is 18.3. The fraction of sp³-hybridized carbons (Fsp3) is 0.0370. The quantitative estimate of drug-likeness (QED) is 0.148. The Morgan fingerprint density at radius 3 is 2.44 bits per heavy atom. The van der Waals surface area contributed by atoms with E-state index in [0.29, 0.717) is 33.5 Å². The number of sulfone groups is 1. The number of halogens is 1. The molecule has 5 aromatic rings. The second-order valence-electron chi connectivity index (χ2n) is 8.44. The van der Waals surface area contributed by atoms with E-state index < -0.39 is 39.1 Å². The number of nitro groups is 1. The number of fused-ring (bicyclic) bond motifs is 1. The van der Waals surface area contributed by atoms with Gasteiger partial charge >= 0.3 is 5.97 Å². The Morgan fingerprint density at radius 1 is 1.02 bits per heavy atom. The zero-order valence-electron chi connectivity index (χ0n) is 20.7. The predicted octanol–water partition coefficient (Wildman–Crippen LogP) is 5.03. The smallest absolute Gasteiger partial charge is 0.339 e. The fourth-order valence-electron chi connectivity index (χ4n) is 3.78. The minimum atomic E-state index is -4.04. The van der Waals surface area contributed by atoms with Gasteiger partial charge in [-0.15, -0.1) is 0 Å². The third-order valence-corrected chi connectivity index (χ3v) is 8.91. The Hall–Kier alpha value is -5.08. The van der Waals surface area contributed by atoms with Crippen molar-refractivity contribution in [2.75, 3.05) is 11.9 Å². The van der Waals surface area contributed by atoms with Crippen LogP contribution in [0.3, 0.4) is 0 Å². The summed E-state index contributed by atoms with van der Waals surface area (Å²) >= 11 is 0.666. The van der Waals surface area contributed by atoms with E-state index in [9.17, 15) is 32.5 Å². The predicted molar refractivity (Wildman–Crippen MR) is 147 cm³/mol. The Balaban J connectivity index is 1.28. The average Bonchev–Trinajstić information content (AvgIpc) is 3.45. The summed E-state index contributed by atoms with van der Waals surface area (Å²) in [6.07, 6.45) is 1.04. The Labute approximate surface area is 235 Å². The summed E-state index contributed by atoms with van der Waals surface area (Å²) in [5.41, 5.74) is 1.36. The van der Waals surface area contributed by atoms with E-state index in [1.807, 2.05) is 0 Å². The topological polar surface area (TPSA) is 158 Å². The lowest BCUT2D eigenvalue weighted by Gasteiger charge is -2.10. The van der Waals surface area contributed by atoms with E-state index in [2.05, 4.69) is 15.3 Å². The number of hydrogen-bond acceptors (Lipinski definition) is 10. The van der Waals surface area contributed by atoms with Crippen molar-refractivity contribution in [2.45, 2.75) is 9.10 Å². The minimum Gasteiger partial charge on any atom is -0.452 e. The van der Waals surface area contributed by atoms with Gasteiger partial charge in [0.05, 0.1) is 32.8 Å². The molecule has 0 radical (unpaired) electrons. The first kappa shape index (κ1) is 27.5. The molecule has 1 amide bonds. The van der Waals surface area contributed by atoms with Crippen LogP contribution >= 0.6 is 11.3 Å². The maximum atomic E-state index is 13.4. The van der Waals surface area contributed by atoms with Gasteiger partial charge < -0.3 is 4.74 Å². The molecule has 0 fully saturated rings. The van der Waals surface area contributed by atoms with E-state index in [-0.39, 0.29) is 25.5 Å². The highest BCUT2D eigenvalue weighted by Crippen LogP contribution is 2.30. The van der Waals surface area contributed by atoms with Crippen LogP contribution < -0.4 is 5.32 Å². The van der Waals surface area contributed by atoms with Crippen LogP contribution in [-0.4, -0.2) is 41.8 Å². The van der Waals surface area contributed by atoms with E-state index in [0.717, 1.165) is 30.5 Å². The molecule has 0 spiro atoms. The standard InChI is InChI=1S/C27H17FN4O7S2/c28-17-7-5-16(6-8-17)23-13-21(20-3-1-2-4-22(20)30-23)26(34)39-15-24(33)31-27-29-14-25(40-27)41(37,38)19-11-9-18(10-12-19)32(35)36/h1-14H,15H2,(H,29,31,33). The molecule has 2 aromatic heterocycles. The molecular weight excluding hydrogens is 575 g/mol. The van der Waals surface area contributed by atoms with Gasteiger partial charge in [0.15, 0.2) is 11.7 Å². The van der Waals surface area contributed by atoms with Crippen LogP contribution in [0.2, 0.25) is 0 Å². The van der Waals surface area contributed by atoms with Crippen molar-refractivity contribution in [2.24, 2.45) is 0 Å². The molecule has 11 nitrogen and oxygen atoms in total. The summed E-state index contributed by atoms with van der Waals surface area (Å²) in [6.45, 7) is -0.689. The number of anilines is 1. The molecular formula is C27H17FN4O7S2. The van der Waals surface area contributed by atoms with Crippen molar-refractivity contribution in [3.8, 4) is 11.3 Å². The summed E-state index contributed by atoms with van der Waals surface area (Å²) in [7, 11) is -4.04. The SMILES string of the molecule is O=C(COC(=O)c1cc(-c2ccc(F)cc2)nc2ccccc12)Nc1ncc(S(=O)(=O)c2ccc([N+](=O)[O-])cc2)s1. The lowest BCUT2D eigenvalue weighted by molar-refractivity contribution is -0.384. The summed E-state index contributed by atoms with van der Waals surface area (Å²) in [5, 5.41) is 13.6. The van der Waals surface area contributed by atoms with Gasteiger partial charge in [0.25, 0.3) is 11.6 Å². The molecule has 0 unspecified atom stereocenters. The Morgan fingerprint density at radius 2 is 1.73 bits per heavy atom. The molecule has 206 valence electrons. The van der Waals surface area contributed by atoms with Crippen molar-refractivity contribution >= 4 is 54.8 Å². The number of nitrogens with one attached hydrogen (secondary N) is 1. The molecule has 1 N–H and O–H groups in total. The lowest BCUT2D eigenvalue weighted by atomic mass is 10.0. The van der Waals surface area contributed by atoms with Crippen LogP contribution in [-0.2, 0) is 19.4 Å². The molecule has 0 aliphatic carbocycles. The summed E-state index contributed by atoms with van der Waals surface area (Å²) in [4.78, 5) is 43.9. The number of hydrogen-bond donors (Lipinski definition) is 1. The van der Waals surface area contributed by atoms with Crippen LogP contribution in [0.1, 0.15) is 10.4 Å². The van der Waals surface area contributed by atoms with Crippen LogP contribution in [0.25, 0.3) is 22.2 Å². The van der Waals surface area contributed by atoms with Gasteiger partial charge in [0.2, 0.25) is 9.84 Å². The molecule has 0 saturated carbocycles. The third-order valence-electron chi connectivity index (χ3n) is 5.76. The number of ether oxygens (including phenoxy) is 1. The number of nitrogens with zero attached hydrogens (tertiary/aromatic N) is 3. The first-order chi connectivity index (χ1) is 19.6. The number of esters is 1. The number of non-ortho nitro benzene ring substituents is 1. The van der Waals surface area contributed by atoms with E-state index in [1.165, 1.54) is 30.3 Å². The molecule has 0 aliphatic heterocycles. The summed E-state index contributed by atoms with van der Waals surface area (Å²) < 4.78 is 44.1. The first-order valence-electron chi connectivity index (χ1n) is 11.7. The highest BCUT2D eigenvalue weighted by atomic mass is 32.2. The largest absolute Gasteiger partial charge is 0.452 e. The van der Waals surface area contributed by atoms with E-state index in [4.69, 9.17) is 4.74 Å². The van der Waals surface area contributed by atoms with Crippen LogP contribution in [0.15, 0.2) is 94.2 Å². The highest BCUT2D eigenvalue weighted by Gasteiger charge is 2.23. The first-order valence-corrected chi connectivity index (χ1v) is 14.0. The van der Waals surface area contributed by atoms with Gasteiger partial charge in [-0.1, -0.05) is 29.5 Å². The zero-order valence-corrected chi connectivity index (χ0v) is 22.3. The van der Waals surface area contributed by atoms with Gasteiger partial charge in [-0.05, 0) is 48.5 Å². The molecule has 2 heterocycles. The van der Waals surface area contributed by atoms with Crippen molar-refractivity contribution in [1.82, 2.24) is 9.97 Å². The van der Waals surface area contributed by atoms with E-state index >= 15 is 0 Å². The lowest BCUT2D eigenvalue weighted by Crippen LogP contribution is -2.21. The molecule has 41 heavy (non-hydrogen) atoms. The zero-order chi connectivity index (χ0) is 29.1. The van der Waals surface area contributed by atoms with Crippen molar-refractivity contribution < 1.29 is 32.1 Å². The normalized spacial score (nSPS) is 11.2. The molecule has 0 bridgehead atoms. The number of nitro benzene ring substituents is 1. The number of carbonyl (C=O) groups excluding carboxylic acids is 2. The number of para-hydroxylation sites is 1. The van der Waals surface area contributed by atoms with Crippen LogP contribution in [0, 0.1) is 15.9 Å². The number of carbonyl (C=O) groups is 2. The molecule has 0 aliphatic rings. The second-order valence-corrected chi connectivity index (χ2v) is 11.6.